The van der Waals surface area contributed by atoms with Crippen LogP contribution < -0.4 is 0 Å². The molecule has 2 aromatic carbocycles. The number of benzene rings is 2. The number of hydrogen-bond acceptors (Lipinski definition) is 3. The van der Waals surface area contributed by atoms with Crippen molar-refractivity contribution in [2.75, 3.05) is 20.1 Å². The number of aromatic nitrogens is 2. The monoisotopic (exact) mass is 442 g/mol. The molecular formula is C28H34N4O. The number of amides is 1. The van der Waals surface area contributed by atoms with E-state index >= 15 is 0 Å². The van der Waals surface area contributed by atoms with Gasteiger partial charge < -0.3 is 4.90 Å². The molecule has 0 saturated carbocycles. The maximum atomic E-state index is 13.4. The number of likely N-dealkylation sites (tertiary alicyclic amines) is 1. The van der Waals surface area contributed by atoms with Crippen molar-refractivity contribution < 1.29 is 4.79 Å². The van der Waals surface area contributed by atoms with Gasteiger partial charge in [-0.05, 0) is 81.0 Å². The highest BCUT2D eigenvalue weighted by Gasteiger charge is 2.33. The fraction of sp³-hybridized carbons (Fsp3) is 0.429. The van der Waals surface area contributed by atoms with E-state index < -0.39 is 0 Å². The van der Waals surface area contributed by atoms with Crippen LogP contribution in [-0.4, -0.2) is 57.7 Å². The van der Waals surface area contributed by atoms with Crippen LogP contribution in [0.25, 0.3) is 0 Å². The predicted octanol–water partition coefficient (Wildman–Crippen LogP) is 4.25. The van der Waals surface area contributed by atoms with Crippen molar-refractivity contribution >= 4 is 5.91 Å². The first-order chi connectivity index (χ1) is 16.0. The molecule has 1 atom stereocenters. The molecule has 5 heteroatoms. The maximum Gasteiger partial charge on any atom is 0.253 e. The van der Waals surface area contributed by atoms with Gasteiger partial charge in [-0.2, -0.15) is 5.10 Å². The lowest BCUT2D eigenvalue weighted by molar-refractivity contribution is 0.0555. The Morgan fingerprint density at radius 2 is 1.82 bits per heavy atom. The molecule has 2 aliphatic rings. The summed E-state index contributed by atoms with van der Waals surface area (Å²) in [5.41, 5.74) is 7.02. The summed E-state index contributed by atoms with van der Waals surface area (Å²) in [7, 11) is 1.98. The molecule has 5 rings (SSSR count). The van der Waals surface area contributed by atoms with Gasteiger partial charge in [0.1, 0.15) is 0 Å². The minimum absolute atomic E-state index is 0.117. The SMILES string of the molecule is Cc1cc(C)n(Cc2cccc(C(=O)N(C)C3CCCN(C4Cc5ccccc5C4)C3)c2)n1. The Balaban J connectivity index is 1.25. The van der Waals surface area contributed by atoms with Crippen LogP contribution in [-0.2, 0) is 19.4 Å². The average Bonchev–Trinajstić information content (AvgIpc) is 3.40. The number of aryl methyl sites for hydroxylation is 2. The Hall–Kier alpha value is -2.92. The molecular weight excluding hydrogens is 408 g/mol. The number of hydrogen-bond donors (Lipinski definition) is 0. The first-order valence-electron chi connectivity index (χ1n) is 12.2. The highest BCUT2D eigenvalue weighted by Crippen LogP contribution is 2.28. The second-order valence-electron chi connectivity index (χ2n) is 9.82. The summed E-state index contributed by atoms with van der Waals surface area (Å²) in [4.78, 5) is 18.0. The summed E-state index contributed by atoms with van der Waals surface area (Å²) >= 11 is 0. The van der Waals surface area contributed by atoms with Crippen LogP contribution in [0.4, 0.5) is 0 Å². The number of fused-ring (bicyclic) bond motifs is 1. The lowest BCUT2D eigenvalue weighted by atomic mass is 10.00. The fourth-order valence-electron chi connectivity index (χ4n) is 5.60. The van der Waals surface area contributed by atoms with E-state index in [0.717, 1.165) is 61.3 Å². The average molecular weight is 443 g/mol. The van der Waals surface area contributed by atoms with E-state index in [0.29, 0.717) is 12.6 Å². The van der Waals surface area contributed by atoms with Gasteiger partial charge in [-0.3, -0.25) is 14.4 Å². The largest absolute Gasteiger partial charge is 0.337 e. The number of likely N-dealkylation sites (N-methyl/N-ethyl adjacent to an activating group) is 1. The maximum absolute atomic E-state index is 13.4. The number of piperidine rings is 1. The Bertz CT molecular complexity index is 1130. The fourth-order valence-corrected chi connectivity index (χ4v) is 5.60. The van der Waals surface area contributed by atoms with Gasteiger partial charge in [0.25, 0.3) is 5.91 Å². The quantitative estimate of drug-likeness (QED) is 0.593. The molecule has 1 saturated heterocycles. The molecule has 1 fully saturated rings. The highest BCUT2D eigenvalue weighted by molar-refractivity contribution is 5.94. The molecule has 1 aromatic heterocycles. The van der Waals surface area contributed by atoms with Crippen molar-refractivity contribution in [3.63, 3.8) is 0 Å². The van der Waals surface area contributed by atoms with E-state index in [1.54, 1.807) is 0 Å². The molecule has 5 nitrogen and oxygen atoms in total. The molecule has 0 bridgehead atoms. The van der Waals surface area contributed by atoms with Crippen molar-refractivity contribution in [3.05, 3.63) is 88.2 Å². The van der Waals surface area contributed by atoms with Gasteiger partial charge in [0.15, 0.2) is 0 Å². The smallest absolute Gasteiger partial charge is 0.253 e. The van der Waals surface area contributed by atoms with E-state index in [1.807, 2.05) is 41.8 Å². The first kappa shape index (κ1) is 21.9. The van der Waals surface area contributed by atoms with Gasteiger partial charge >= 0.3 is 0 Å². The van der Waals surface area contributed by atoms with Crippen LogP contribution in [0.15, 0.2) is 54.6 Å². The number of carbonyl (C=O) groups excluding carboxylic acids is 1. The van der Waals surface area contributed by atoms with Gasteiger partial charge in [0, 0.05) is 36.9 Å². The molecule has 2 heterocycles. The van der Waals surface area contributed by atoms with E-state index in [1.165, 1.54) is 11.1 Å². The molecule has 0 radical (unpaired) electrons. The van der Waals surface area contributed by atoms with E-state index in [9.17, 15) is 4.79 Å². The van der Waals surface area contributed by atoms with E-state index in [-0.39, 0.29) is 11.9 Å². The second kappa shape index (κ2) is 9.14. The van der Waals surface area contributed by atoms with Gasteiger partial charge in [-0.25, -0.2) is 0 Å². The molecule has 0 spiro atoms. The number of nitrogens with zero attached hydrogens (tertiary/aromatic N) is 4. The molecule has 172 valence electrons. The lowest BCUT2D eigenvalue weighted by Crippen LogP contribution is -2.51. The van der Waals surface area contributed by atoms with Crippen molar-refractivity contribution in [3.8, 4) is 0 Å². The van der Waals surface area contributed by atoms with Crippen molar-refractivity contribution in [1.82, 2.24) is 19.6 Å². The van der Waals surface area contributed by atoms with Crippen LogP contribution in [0, 0.1) is 13.8 Å². The molecule has 1 aliphatic heterocycles. The summed E-state index contributed by atoms with van der Waals surface area (Å²) in [6.07, 6.45) is 4.49. The molecule has 1 amide bonds. The zero-order valence-corrected chi connectivity index (χ0v) is 20.0. The second-order valence-corrected chi connectivity index (χ2v) is 9.82. The zero-order valence-electron chi connectivity index (χ0n) is 20.0. The van der Waals surface area contributed by atoms with Crippen LogP contribution >= 0.6 is 0 Å². The zero-order chi connectivity index (χ0) is 22.9. The molecule has 0 N–H and O–H groups in total. The Kier molecular flexibility index (Phi) is 6.07. The number of carbonyl (C=O) groups is 1. The molecule has 1 aliphatic carbocycles. The van der Waals surface area contributed by atoms with Crippen molar-refractivity contribution in [2.24, 2.45) is 0 Å². The molecule has 1 unspecified atom stereocenters. The van der Waals surface area contributed by atoms with Gasteiger partial charge in [-0.1, -0.05) is 36.4 Å². The van der Waals surface area contributed by atoms with Crippen molar-refractivity contribution in [1.29, 1.82) is 0 Å². The number of rotatable bonds is 5. The Morgan fingerprint density at radius 3 is 2.52 bits per heavy atom. The van der Waals surface area contributed by atoms with Gasteiger partial charge in [0.2, 0.25) is 0 Å². The van der Waals surface area contributed by atoms with Gasteiger partial charge in [0.05, 0.1) is 12.2 Å². The third kappa shape index (κ3) is 4.60. The standard InChI is InChI=1S/C28H34N4O/c1-20-14-21(2)32(29-20)18-22-8-6-11-25(15-22)28(33)30(3)26-12-7-13-31(19-26)27-16-23-9-4-5-10-24(23)17-27/h4-6,8-11,14-15,26-27H,7,12-13,16-19H2,1-3H3. The first-order valence-corrected chi connectivity index (χ1v) is 12.2. The third-order valence-corrected chi connectivity index (χ3v) is 7.45. The normalized spacial score (nSPS) is 18.9. The van der Waals surface area contributed by atoms with E-state index in [4.69, 9.17) is 0 Å². The van der Waals surface area contributed by atoms with Crippen LogP contribution in [0.1, 0.15) is 51.3 Å². The predicted molar refractivity (Wildman–Crippen MR) is 132 cm³/mol. The van der Waals surface area contributed by atoms with Crippen molar-refractivity contribution in [2.45, 2.75) is 58.2 Å². The summed E-state index contributed by atoms with van der Waals surface area (Å²) in [5.74, 6) is 0.117. The summed E-state index contributed by atoms with van der Waals surface area (Å²) < 4.78 is 2.00. The van der Waals surface area contributed by atoms with Crippen LogP contribution in [0.2, 0.25) is 0 Å². The molecule has 33 heavy (non-hydrogen) atoms. The molecule has 3 aromatic rings. The Morgan fingerprint density at radius 1 is 1.06 bits per heavy atom. The van der Waals surface area contributed by atoms with Crippen LogP contribution in [0.3, 0.4) is 0 Å². The van der Waals surface area contributed by atoms with Gasteiger partial charge in [-0.15, -0.1) is 0 Å². The summed E-state index contributed by atoms with van der Waals surface area (Å²) in [5, 5.41) is 4.57. The Labute approximate surface area is 197 Å². The highest BCUT2D eigenvalue weighted by atomic mass is 16.2. The lowest BCUT2D eigenvalue weighted by Gasteiger charge is -2.40. The third-order valence-electron chi connectivity index (χ3n) is 7.45. The van der Waals surface area contributed by atoms with E-state index in [2.05, 4.69) is 53.3 Å². The minimum atomic E-state index is 0.117. The topological polar surface area (TPSA) is 41.4 Å². The van der Waals surface area contributed by atoms with Crippen LogP contribution in [0.5, 0.6) is 0 Å². The summed E-state index contributed by atoms with van der Waals surface area (Å²) in [6.45, 7) is 6.86. The summed E-state index contributed by atoms with van der Waals surface area (Å²) in [6, 6.07) is 19.8. The minimum Gasteiger partial charge on any atom is -0.337 e.